The molecule has 0 amide bonds. The molecule has 1 aliphatic heterocycles. The number of benzene rings is 1. The minimum absolute atomic E-state index is 0.0387. The fourth-order valence-corrected chi connectivity index (χ4v) is 5.03. The molecule has 1 atom stereocenters. The van der Waals surface area contributed by atoms with E-state index in [1.165, 1.54) is 12.3 Å². The molecule has 0 unspecified atom stereocenters. The fourth-order valence-electron chi connectivity index (χ4n) is 3.33. The van der Waals surface area contributed by atoms with E-state index in [1.54, 1.807) is 22.5 Å². The van der Waals surface area contributed by atoms with E-state index in [0.29, 0.717) is 30.2 Å². The largest absolute Gasteiger partial charge is 0.370 e. The van der Waals surface area contributed by atoms with Gasteiger partial charge >= 0.3 is 0 Å². The van der Waals surface area contributed by atoms with Gasteiger partial charge in [-0.05, 0) is 49.9 Å². The number of hydrogen-bond donors (Lipinski definition) is 1. The van der Waals surface area contributed by atoms with Gasteiger partial charge in [0.05, 0.1) is 9.82 Å². The predicted molar refractivity (Wildman–Crippen MR) is 107 cm³/mol. The van der Waals surface area contributed by atoms with Crippen LogP contribution in [0.1, 0.15) is 31.7 Å². The van der Waals surface area contributed by atoms with Gasteiger partial charge in [-0.1, -0.05) is 18.6 Å². The van der Waals surface area contributed by atoms with Gasteiger partial charge in [-0.25, -0.2) is 13.4 Å². The number of nitro groups is 1. The van der Waals surface area contributed by atoms with Crippen molar-refractivity contribution in [2.45, 2.75) is 43.5 Å². The molecule has 1 fully saturated rings. The average Bonchev–Trinajstić information content (AvgIpc) is 2.69. The molecule has 0 bridgehead atoms. The monoisotopic (exact) mass is 404 g/mol. The topological polar surface area (TPSA) is 105 Å². The SMILES string of the molecule is C[C@H]1CCCCN1S(=O)(=O)c1ccc(CCNc2ccc([N+](=O)[O-])cn2)cc1. The summed E-state index contributed by atoms with van der Waals surface area (Å²) in [6.45, 7) is 3.13. The van der Waals surface area contributed by atoms with Crippen molar-refractivity contribution in [1.82, 2.24) is 9.29 Å². The summed E-state index contributed by atoms with van der Waals surface area (Å²) in [6, 6.07) is 9.98. The molecule has 2 aromatic rings. The zero-order valence-corrected chi connectivity index (χ0v) is 16.6. The third-order valence-electron chi connectivity index (χ3n) is 4.95. The van der Waals surface area contributed by atoms with E-state index in [9.17, 15) is 18.5 Å². The molecule has 0 aliphatic carbocycles. The Hall–Kier alpha value is -2.52. The molecule has 1 saturated heterocycles. The van der Waals surface area contributed by atoms with Crippen molar-refractivity contribution in [2.75, 3.05) is 18.4 Å². The van der Waals surface area contributed by atoms with Crippen LogP contribution in [0.2, 0.25) is 0 Å². The molecule has 9 heteroatoms. The molecule has 0 saturated carbocycles. The Bertz CT molecular complexity index is 914. The predicted octanol–water partition coefficient (Wildman–Crippen LogP) is 3.21. The van der Waals surface area contributed by atoms with E-state index in [1.807, 2.05) is 19.1 Å². The quantitative estimate of drug-likeness (QED) is 0.561. The van der Waals surface area contributed by atoms with Gasteiger partial charge in [-0.3, -0.25) is 10.1 Å². The van der Waals surface area contributed by atoms with Crippen molar-refractivity contribution in [1.29, 1.82) is 0 Å². The molecule has 1 aliphatic rings. The lowest BCUT2D eigenvalue weighted by atomic mass is 10.1. The smallest absolute Gasteiger partial charge is 0.287 e. The summed E-state index contributed by atoms with van der Waals surface area (Å²) in [5.41, 5.74) is 0.949. The van der Waals surface area contributed by atoms with E-state index in [0.717, 1.165) is 24.8 Å². The Morgan fingerprint density at radius 1 is 1.21 bits per heavy atom. The van der Waals surface area contributed by atoms with E-state index in [4.69, 9.17) is 0 Å². The maximum Gasteiger partial charge on any atom is 0.287 e. The fraction of sp³-hybridized carbons (Fsp3) is 0.421. The van der Waals surface area contributed by atoms with Crippen LogP contribution in [0.15, 0.2) is 47.5 Å². The van der Waals surface area contributed by atoms with Crippen molar-refractivity contribution in [3.63, 3.8) is 0 Å². The Balaban J connectivity index is 1.57. The highest BCUT2D eigenvalue weighted by Crippen LogP contribution is 2.25. The number of pyridine rings is 1. The molecule has 1 aromatic heterocycles. The molecule has 1 N–H and O–H groups in total. The summed E-state index contributed by atoms with van der Waals surface area (Å²) >= 11 is 0. The highest BCUT2D eigenvalue weighted by Gasteiger charge is 2.30. The number of sulfonamides is 1. The van der Waals surface area contributed by atoms with Gasteiger partial charge in [0.1, 0.15) is 12.0 Å². The Morgan fingerprint density at radius 3 is 2.57 bits per heavy atom. The van der Waals surface area contributed by atoms with Crippen LogP contribution < -0.4 is 5.32 Å². The standard InChI is InChI=1S/C19H24N4O4S/c1-15-4-2-3-13-22(15)28(26,27)18-8-5-16(6-9-18)11-12-20-19-10-7-17(14-21-19)23(24)25/h5-10,14-15H,2-4,11-13H2,1H3,(H,20,21)/t15-/m0/s1. The minimum Gasteiger partial charge on any atom is -0.370 e. The molecular formula is C19H24N4O4S. The van der Waals surface area contributed by atoms with Gasteiger partial charge in [-0.15, -0.1) is 0 Å². The first-order chi connectivity index (χ1) is 13.4. The first kappa shape index (κ1) is 20.2. The minimum atomic E-state index is -3.45. The van der Waals surface area contributed by atoms with E-state index in [2.05, 4.69) is 10.3 Å². The van der Waals surface area contributed by atoms with Crippen molar-refractivity contribution in [3.05, 3.63) is 58.3 Å². The molecule has 0 spiro atoms. The number of nitrogens with zero attached hydrogens (tertiary/aromatic N) is 3. The van der Waals surface area contributed by atoms with Crippen LogP contribution >= 0.6 is 0 Å². The van der Waals surface area contributed by atoms with Crippen molar-refractivity contribution < 1.29 is 13.3 Å². The van der Waals surface area contributed by atoms with Gasteiger partial charge in [0.25, 0.3) is 5.69 Å². The summed E-state index contributed by atoms with van der Waals surface area (Å²) in [4.78, 5) is 14.5. The summed E-state index contributed by atoms with van der Waals surface area (Å²) in [5, 5.41) is 13.7. The lowest BCUT2D eigenvalue weighted by molar-refractivity contribution is -0.385. The summed E-state index contributed by atoms with van der Waals surface area (Å²) < 4.78 is 27.3. The second-order valence-electron chi connectivity index (χ2n) is 6.94. The molecule has 1 aromatic carbocycles. The number of nitrogens with one attached hydrogen (secondary N) is 1. The molecule has 150 valence electrons. The van der Waals surface area contributed by atoms with Crippen molar-refractivity contribution in [3.8, 4) is 0 Å². The molecule has 0 radical (unpaired) electrons. The van der Waals surface area contributed by atoms with Gasteiger partial charge in [0.15, 0.2) is 0 Å². The summed E-state index contributed by atoms with van der Waals surface area (Å²) in [6.07, 6.45) is 4.77. The zero-order chi connectivity index (χ0) is 20.1. The maximum absolute atomic E-state index is 12.8. The number of rotatable bonds is 7. The maximum atomic E-state index is 12.8. The second kappa shape index (κ2) is 8.66. The highest BCUT2D eigenvalue weighted by molar-refractivity contribution is 7.89. The van der Waals surface area contributed by atoms with Crippen LogP contribution in [0.5, 0.6) is 0 Å². The molecule has 3 rings (SSSR count). The highest BCUT2D eigenvalue weighted by atomic mass is 32.2. The molecular weight excluding hydrogens is 380 g/mol. The normalized spacial score (nSPS) is 18.0. The Kier molecular flexibility index (Phi) is 6.25. The zero-order valence-electron chi connectivity index (χ0n) is 15.7. The number of anilines is 1. The first-order valence-corrected chi connectivity index (χ1v) is 10.8. The lowest BCUT2D eigenvalue weighted by Crippen LogP contribution is -2.41. The number of hydrogen-bond acceptors (Lipinski definition) is 6. The molecule has 28 heavy (non-hydrogen) atoms. The van der Waals surface area contributed by atoms with Crippen LogP contribution in [-0.4, -0.2) is 41.8 Å². The average molecular weight is 404 g/mol. The van der Waals surface area contributed by atoms with Crippen molar-refractivity contribution in [2.24, 2.45) is 0 Å². The third kappa shape index (κ3) is 4.66. The van der Waals surface area contributed by atoms with E-state index < -0.39 is 14.9 Å². The van der Waals surface area contributed by atoms with Crippen LogP contribution in [0, 0.1) is 10.1 Å². The Labute approximate surface area is 164 Å². The number of piperidine rings is 1. The van der Waals surface area contributed by atoms with Crippen LogP contribution in [0.25, 0.3) is 0 Å². The van der Waals surface area contributed by atoms with E-state index >= 15 is 0 Å². The van der Waals surface area contributed by atoms with Gasteiger partial charge < -0.3 is 5.32 Å². The summed E-state index contributed by atoms with van der Waals surface area (Å²) in [5.74, 6) is 0.559. The van der Waals surface area contributed by atoms with Crippen LogP contribution in [0.3, 0.4) is 0 Å². The van der Waals surface area contributed by atoms with Crippen molar-refractivity contribution >= 4 is 21.5 Å². The third-order valence-corrected chi connectivity index (χ3v) is 6.98. The van der Waals surface area contributed by atoms with Crippen LogP contribution in [0.4, 0.5) is 11.5 Å². The van der Waals surface area contributed by atoms with Gasteiger partial charge in [-0.2, -0.15) is 4.31 Å². The van der Waals surface area contributed by atoms with Gasteiger partial charge in [0, 0.05) is 25.2 Å². The van der Waals surface area contributed by atoms with Gasteiger partial charge in [0.2, 0.25) is 10.0 Å². The summed E-state index contributed by atoms with van der Waals surface area (Å²) in [7, 11) is -3.45. The van der Waals surface area contributed by atoms with Crippen LogP contribution in [-0.2, 0) is 16.4 Å². The number of aromatic nitrogens is 1. The first-order valence-electron chi connectivity index (χ1n) is 9.33. The Morgan fingerprint density at radius 2 is 1.96 bits per heavy atom. The lowest BCUT2D eigenvalue weighted by Gasteiger charge is -2.32. The second-order valence-corrected chi connectivity index (χ2v) is 8.83. The molecule has 2 heterocycles. The molecule has 8 nitrogen and oxygen atoms in total. The van der Waals surface area contributed by atoms with E-state index in [-0.39, 0.29) is 11.7 Å².